The highest BCUT2D eigenvalue weighted by molar-refractivity contribution is 5.47. The van der Waals surface area contributed by atoms with E-state index in [2.05, 4.69) is 35.4 Å². The summed E-state index contributed by atoms with van der Waals surface area (Å²) in [7, 11) is 0. The summed E-state index contributed by atoms with van der Waals surface area (Å²) in [4.78, 5) is 3.67. The molecular weight excluding hydrogens is 227 g/mol. The molecule has 1 aliphatic rings. The predicted octanol–water partition coefficient (Wildman–Crippen LogP) is 3.63. The summed E-state index contributed by atoms with van der Waals surface area (Å²) < 4.78 is 12.8. The topological polar surface area (TPSA) is 24.9 Å². The van der Waals surface area contributed by atoms with Gasteiger partial charge in [-0.1, -0.05) is 23.8 Å². The molecule has 1 heterocycles. The number of fused-ring (bicyclic) bond motifs is 1. The number of aryl methyl sites for hydroxylation is 2. The fraction of sp³-hybridized carbons (Fsp3) is 0.267. The van der Waals surface area contributed by atoms with Crippen LogP contribution in [0, 0.1) is 12.9 Å². The van der Waals surface area contributed by atoms with Gasteiger partial charge in [0.25, 0.3) is 0 Å². The number of anilines is 1. The Labute approximate surface area is 106 Å². The van der Waals surface area contributed by atoms with Gasteiger partial charge < -0.3 is 5.32 Å². The van der Waals surface area contributed by atoms with E-state index >= 15 is 0 Å². The third kappa shape index (κ3) is 2.08. The van der Waals surface area contributed by atoms with E-state index < -0.39 is 5.95 Å². The van der Waals surface area contributed by atoms with E-state index in [0.29, 0.717) is 6.04 Å². The number of benzene rings is 1. The molecule has 0 amide bonds. The summed E-state index contributed by atoms with van der Waals surface area (Å²) in [5.74, 6) is -0.441. The van der Waals surface area contributed by atoms with Crippen LogP contribution >= 0.6 is 0 Å². The molecule has 1 aromatic heterocycles. The van der Waals surface area contributed by atoms with Crippen molar-refractivity contribution in [3.63, 3.8) is 0 Å². The smallest absolute Gasteiger partial charge is 0.212 e. The lowest BCUT2D eigenvalue weighted by molar-refractivity contribution is 0.583. The van der Waals surface area contributed by atoms with Crippen LogP contribution in [0.15, 0.2) is 36.5 Å². The van der Waals surface area contributed by atoms with Crippen LogP contribution in [-0.4, -0.2) is 4.98 Å². The second-order valence-corrected chi connectivity index (χ2v) is 4.81. The fourth-order valence-corrected chi connectivity index (χ4v) is 2.53. The number of halogens is 1. The summed E-state index contributed by atoms with van der Waals surface area (Å²) in [5.41, 5.74) is 4.92. The summed E-state index contributed by atoms with van der Waals surface area (Å²) in [6.07, 6.45) is 3.72. The van der Waals surface area contributed by atoms with E-state index in [1.54, 1.807) is 12.3 Å². The van der Waals surface area contributed by atoms with Crippen molar-refractivity contribution in [2.24, 2.45) is 0 Å². The number of aromatic nitrogens is 1. The molecule has 1 atom stereocenters. The van der Waals surface area contributed by atoms with Crippen molar-refractivity contribution in [2.45, 2.75) is 25.8 Å². The average Bonchev–Trinajstić information content (AvgIpc) is 2.75. The van der Waals surface area contributed by atoms with Crippen LogP contribution in [0.5, 0.6) is 0 Å². The number of nitrogens with one attached hydrogen (secondary N) is 1. The molecule has 0 aliphatic heterocycles. The lowest BCUT2D eigenvalue weighted by atomic mass is 10.0. The highest BCUT2D eigenvalue weighted by atomic mass is 19.1. The summed E-state index contributed by atoms with van der Waals surface area (Å²) in [6.45, 7) is 2.11. The third-order valence-corrected chi connectivity index (χ3v) is 3.45. The van der Waals surface area contributed by atoms with Crippen LogP contribution in [-0.2, 0) is 6.42 Å². The zero-order valence-electron chi connectivity index (χ0n) is 10.3. The van der Waals surface area contributed by atoms with E-state index in [1.807, 2.05) is 0 Å². The molecule has 1 aromatic carbocycles. The molecule has 0 spiro atoms. The maximum Gasteiger partial charge on any atom is 0.212 e. The molecule has 0 radical (unpaired) electrons. The summed E-state index contributed by atoms with van der Waals surface area (Å²) >= 11 is 0. The largest absolute Gasteiger partial charge is 0.377 e. The van der Waals surface area contributed by atoms with Gasteiger partial charge in [0.15, 0.2) is 0 Å². The normalized spacial score (nSPS) is 17.6. The Morgan fingerprint density at radius 1 is 1.28 bits per heavy atom. The Kier molecular flexibility index (Phi) is 2.74. The zero-order valence-corrected chi connectivity index (χ0v) is 10.3. The van der Waals surface area contributed by atoms with E-state index in [0.717, 1.165) is 18.5 Å². The molecule has 2 aromatic rings. The van der Waals surface area contributed by atoms with Crippen LogP contribution in [0.1, 0.15) is 29.2 Å². The van der Waals surface area contributed by atoms with Gasteiger partial charge in [0.05, 0.1) is 17.9 Å². The van der Waals surface area contributed by atoms with Gasteiger partial charge in [0.2, 0.25) is 5.95 Å². The van der Waals surface area contributed by atoms with Gasteiger partial charge in [0.1, 0.15) is 0 Å². The van der Waals surface area contributed by atoms with Crippen LogP contribution in [0.2, 0.25) is 0 Å². The highest BCUT2D eigenvalue weighted by Crippen LogP contribution is 2.34. The average molecular weight is 242 g/mol. The molecule has 0 saturated carbocycles. The molecule has 1 aliphatic carbocycles. The van der Waals surface area contributed by atoms with Gasteiger partial charge in [-0.15, -0.1) is 0 Å². The van der Waals surface area contributed by atoms with Crippen molar-refractivity contribution < 1.29 is 4.39 Å². The second kappa shape index (κ2) is 4.41. The molecule has 1 N–H and O–H groups in total. The molecule has 3 heteroatoms. The fourth-order valence-electron chi connectivity index (χ4n) is 2.53. The van der Waals surface area contributed by atoms with Crippen LogP contribution in [0.25, 0.3) is 0 Å². The Balaban J connectivity index is 1.84. The molecule has 18 heavy (non-hydrogen) atoms. The zero-order chi connectivity index (χ0) is 12.5. The number of pyridine rings is 1. The summed E-state index contributed by atoms with van der Waals surface area (Å²) in [6, 6.07) is 10.0. The minimum absolute atomic E-state index is 0.312. The Hall–Kier alpha value is -1.90. The lowest BCUT2D eigenvalue weighted by Gasteiger charge is -2.15. The van der Waals surface area contributed by atoms with E-state index in [-0.39, 0.29) is 0 Å². The van der Waals surface area contributed by atoms with Crippen LogP contribution in [0.4, 0.5) is 10.1 Å². The maximum absolute atomic E-state index is 12.8. The SMILES string of the molecule is Cc1ccc2c(c1)C(Nc1ccc(F)nc1)CC2. The van der Waals surface area contributed by atoms with E-state index in [1.165, 1.54) is 22.8 Å². The van der Waals surface area contributed by atoms with Crippen molar-refractivity contribution in [1.82, 2.24) is 4.98 Å². The standard InChI is InChI=1S/C15H15FN2/c1-10-2-3-11-4-6-14(13(11)8-10)18-12-5-7-15(16)17-9-12/h2-3,5,7-9,14,18H,4,6H2,1H3. The first kappa shape index (κ1) is 11.2. The molecule has 0 bridgehead atoms. The monoisotopic (exact) mass is 242 g/mol. The molecular formula is C15H15FN2. The van der Waals surface area contributed by atoms with Gasteiger partial charge in [-0.05, 0) is 43.0 Å². The van der Waals surface area contributed by atoms with Crippen LogP contribution < -0.4 is 5.32 Å². The molecule has 1 unspecified atom stereocenters. The van der Waals surface area contributed by atoms with Crippen molar-refractivity contribution in [3.05, 3.63) is 59.2 Å². The van der Waals surface area contributed by atoms with Crippen LogP contribution in [0.3, 0.4) is 0 Å². The van der Waals surface area contributed by atoms with Crippen molar-refractivity contribution >= 4 is 5.69 Å². The number of rotatable bonds is 2. The Morgan fingerprint density at radius 3 is 2.94 bits per heavy atom. The first-order valence-corrected chi connectivity index (χ1v) is 6.20. The summed E-state index contributed by atoms with van der Waals surface area (Å²) in [5, 5.41) is 3.42. The van der Waals surface area contributed by atoms with Gasteiger partial charge in [-0.2, -0.15) is 4.39 Å². The Bertz CT molecular complexity index is 563. The quantitative estimate of drug-likeness (QED) is 0.813. The van der Waals surface area contributed by atoms with Gasteiger partial charge >= 0.3 is 0 Å². The Morgan fingerprint density at radius 2 is 2.17 bits per heavy atom. The number of hydrogen-bond donors (Lipinski definition) is 1. The van der Waals surface area contributed by atoms with E-state index in [4.69, 9.17) is 0 Å². The predicted molar refractivity (Wildman–Crippen MR) is 70.1 cm³/mol. The van der Waals surface area contributed by atoms with Gasteiger partial charge in [-0.25, -0.2) is 4.98 Å². The molecule has 3 rings (SSSR count). The minimum Gasteiger partial charge on any atom is -0.377 e. The van der Waals surface area contributed by atoms with Crippen molar-refractivity contribution in [2.75, 3.05) is 5.32 Å². The first-order valence-electron chi connectivity index (χ1n) is 6.20. The second-order valence-electron chi connectivity index (χ2n) is 4.81. The molecule has 92 valence electrons. The maximum atomic E-state index is 12.8. The molecule has 0 fully saturated rings. The minimum atomic E-state index is -0.441. The van der Waals surface area contributed by atoms with Crippen molar-refractivity contribution in [3.8, 4) is 0 Å². The van der Waals surface area contributed by atoms with Crippen molar-refractivity contribution in [1.29, 1.82) is 0 Å². The van der Waals surface area contributed by atoms with Gasteiger partial charge in [0, 0.05) is 0 Å². The number of hydrogen-bond acceptors (Lipinski definition) is 2. The first-order chi connectivity index (χ1) is 8.72. The third-order valence-electron chi connectivity index (χ3n) is 3.45. The van der Waals surface area contributed by atoms with Gasteiger partial charge in [-0.3, -0.25) is 0 Å². The molecule has 2 nitrogen and oxygen atoms in total. The highest BCUT2D eigenvalue weighted by Gasteiger charge is 2.22. The lowest BCUT2D eigenvalue weighted by Crippen LogP contribution is -2.07. The van der Waals surface area contributed by atoms with E-state index in [9.17, 15) is 4.39 Å². The number of nitrogens with zero attached hydrogens (tertiary/aromatic N) is 1. The molecule has 0 saturated heterocycles.